The molecule has 2 heterocycles. The molecule has 1 amide bonds. The van der Waals surface area contributed by atoms with Crippen molar-refractivity contribution in [1.29, 1.82) is 0 Å². The fourth-order valence-corrected chi connectivity index (χ4v) is 7.96. The van der Waals surface area contributed by atoms with E-state index in [1.807, 2.05) is 128 Å². The molecule has 2 aliphatic heterocycles. The van der Waals surface area contributed by atoms with Crippen molar-refractivity contribution >= 4 is 14.0 Å². The van der Waals surface area contributed by atoms with E-state index in [-0.39, 0.29) is 25.7 Å². The number of hydrogen-bond acceptors (Lipinski definition) is 10. The van der Waals surface area contributed by atoms with Gasteiger partial charge in [0, 0.05) is 21.6 Å². The molecule has 2 saturated heterocycles. The van der Waals surface area contributed by atoms with Gasteiger partial charge >= 0.3 is 0 Å². The van der Waals surface area contributed by atoms with Gasteiger partial charge in [0.2, 0.25) is 5.91 Å². The van der Waals surface area contributed by atoms with Gasteiger partial charge in [-0.3, -0.25) is 4.79 Å². The molecule has 0 radical (unpaired) electrons. The molecule has 0 bridgehead atoms. The molecule has 0 aromatic heterocycles. The summed E-state index contributed by atoms with van der Waals surface area (Å²) in [4.78, 5) is 12.9. The highest BCUT2D eigenvalue weighted by Crippen LogP contribution is 2.35. The van der Waals surface area contributed by atoms with Crippen molar-refractivity contribution in [3.05, 3.63) is 144 Å². The lowest BCUT2D eigenvalue weighted by Crippen LogP contribution is -2.68. The molecule has 2 N–H and O–H groups in total. The van der Waals surface area contributed by atoms with Crippen LogP contribution in [0.3, 0.4) is 0 Å². The van der Waals surface area contributed by atoms with Gasteiger partial charge in [0.1, 0.15) is 42.7 Å². The number of hydrogen-bond donors (Lipinski definition) is 2. The topological polar surface area (TPSA) is 123 Å². The van der Waals surface area contributed by atoms with Gasteiger partial charge in [-0.15, -0.1) is 0 Å². The zero-order chi connectivity index (χ0) is 41.6. The Bertz CT molecular complexity index is 1800. The summed E-state index contributed by atoms with van der Waals surface area (Å²) in [6, 6.07) is 39.5. The van der Waals surface area contributed by atoms with E-state index in [0.717, 1.165) is 28.3 Å². The Balaban J connectivity index is 1.32. The molecule has 2 fully saturated rings. The first kappa shape index (κ1) is 44.8. The lowest BCUT2D eigenvalue weighted by molar-refractivity contribution is -0.354. The first-order valence-corrected chi connectivity index (χ1v) is 24.4. The summed E-state index contributed by atoms with van der Waals surface area (Å²) in [6.45, 7) is 11.8. The van der Waals surface area contributed by atoms with Crippen molar-refractivity contribution in [3.8, 4) is 0 Å². The number of ether oxygens (including phenoxy) is 8. The molecular formula is C47H61NO10Si. The number of nitrogens with one attached hydrogen (secondary N) is 1. The highest BCUT2D eigenvalue weighted by molar-refractivity contribution is 6.76. The molecule has 4 aromatic rings. The van der Waals surface area contributed by atoms with Crippen molar-refractivity contribution in [2.75, 3.05) is 13.2 Å². The van der Waals surface area contributed by atoms with Crippen molar-refractivity contribution in [1.82, 2.24) is 5.32 Å². The van der Waals surface area contributed by atoms with Crippen molar-refractivity contribution in [2.45, 2.75) is 127 Å². The first-order chi connectivity index (χ1) is 28.5. The van der Waals surface area contributed by atoms with E-state index < -0.39 is 69.4 Å². The number of aliphatic hydroxyl groups is 1. The quantitative estimate of drug-likeness (QED) is 0.0899. The predicted octanol–water partition coefficient (Wildman–Crippen LogP) is 7.03. The smallest absolute Gasteiger partial charge is 0.217 e. The van der Waals surface area contributed by atoms with Crippen LogP contribution in [0.2, 0.25) is 25.7 Å². The average Bonchev–Trinajstić information content (AvgIpc) is 3.23. The molecule has 6 rings (SSSR count). The van der Waals surface area contributed by atoms with Gasteiger partial charge in [-0.1, -0.05) is 141 Å². The molecule has 59 heavy (non-hydrogen) atoms. The van der Waals surface area contributed by atoms with Gasteiger partial charge in [0.05, 0.1) is 39.1 Å². The first-order valence-electron chi connectivity index (χ1n) is 20.7. The summed E-state index contributed by atoms with van der Waals surface area (Å²) in [6.07, 6.45) is -7.84. The standard InChI is InChI=1S/C47H61NO10Si/c1-33-42(53-29-36-20-12-7-13-21-36)44(54-30-37-22-14-8-15-23-37)45(55-31-38-24-16-9-17-25-38)47(56-33)58-43-40(48-34(2)49)46(52-26-27-59(3,4)5)57-39(41(43)50)32-51-28-35-18-10-6-11-19-35/h6-25,33,39-47,50H,26-32H2,1-5H3,(H,48,49)/t33-,39+,40+,41+,42+,43+,44+,45-,46+,47-/m0/s1. The highest BCUT2D eigenvalue weighted by atomic mass is 28.3. The summed E-state index contributed by atoms with van der Waals surface area (Å²) < 4.78 is 52.9. The molecule has 12 heteroatoms. The Morgan fingerprint density at radius 3 is 1.59 bits per heavy atom. The molecule has 0 saturated carbocycles. The molecule has 11 nitrogen and oxygen atoms in total. The van der Waals surface area contributed by atoms with Gasteiger partial charge in [-0.2, -0.15) is 0 Å². The number of rotatable bonds is 20. The molecule has 0 aliphatic carbocycles. The Morgan fingerprint density at radius 1 is 0.627 bits per heavy atom. The van der Waals surface area contributed by atoms with Gasteiger partial charge in [0.15, 0.2) is 12.6 Å². The van der Waals surface area contributed by atoms with Crippen molar-refractivity contribution in [2.24, 2.45) is 0 Å². The largest absolute Gasteiger partial charge is 0.388 e. The van der Waals surface area contributed by atoms with E-state index in [1.54, 1.807) is 0 Å². The molecule has 0 unspecified atom stereocenters. The maximum Gasteiger partial charge on any atom is 0.217 e. The zero-order valence-corrected chi connectivity index (χ0v) is 35.9. The number of benzene rings is 4. The van der Waals surface area contributed by atoms with Crippen LogP contribution >= 0.6 is 0 Å². The minimum absolute atomic E-state index is 0.0463. The van der Waals surface area contributed by atoms with Crippen LogP contribution in [0.1, 0.15) is 36.1 Å². The maximum atomic E-state index is 12.9. The second-order valence-corrected chi connectivity index (χ2v) is 22.2. The number of aliphatic hydroxyl groups excluding tert-OH is 1. The highest BCUT2D eigenvalue weighted by Gasteiger charge is 2.53. The van der Waals surface area contributed by atoms with E-state index in [9.17, 15) is 9.90 Å². The van der Waals surface area contributed by atoms with E-state index >= 15 is 0 Å². The predicted molar refractivity (Wildman–Crippen MR) is 227 cm³/mol. The van der Waals surface area contributed by atoms with Crippen molar-refractivity contribution in [3.63, 3.8) is 0 Å². The summed E-state index contributed by atoms with van der Waals surface area (Å²) in [5.74, 6) is -0.328. The van der Waals surface area contributed by atoms with Crippen LogP contribution < -0.4 is 5.32 Å². The van der Waals surface area contributed by atoms with E-state index in [4.69, 9.17) is 37.9 Å². The Morgan fingerprint density at radius 2 is 1.10 bits per heavy atom. The third-order valence-electron chi connectivity index (χ3n) is 10.4. The molecule has 2 aliphatic rings. The average molecular weight is 828 g/mol. The monoisotopic (exact) mass is 827 g/mol. The Hall–Kier alpha value is -3.79. The SMILES string of the molecule is CC(=O)N[C@H]1[C@H](OCC[Si](C)(C)C)O[C@H](COCc2ccccc2)[C@@H](O)[C@@H]1O[C@@H]1O[C@@H](C)[C@@H](OCc2ccccc2)[C@@H](OCc2ccccc2)[C@@H]1OCc1ccccc1. The minimum Gasteiger partial charge on any atom is -0.388 e. The van der Waals surface area contributed by atoms with Crippen LogP contribution in [-0.2, 0) is 69.1 Å². The summed E-state index contributed by atoms with van der Waals surface area (Å²) in [5, 5.41) is 15.2. The third kappa shape index (κ3) is 13.6. The lowest BCUT2D eigenvalue weighted by atomic mass is 9.95. The van der Waals surface area contributed by atoms with Gasteiger partial charge in [-0.25, -0.2) is 0 Å². The van der Waals surface area contributed by atoms with Crippen LogP contribution in [0.25, 0.3) is 0 Å². The fraction of sp³-hybridized carbons (Fsp3) is 0.468. The zero-order valence-electron chi connectivity index (χ0n) is 34.9. The Labute approximate surface area is 350 Å². The molecule has 0 spiro atoms. The lowest BCUT2D eigenvalue weighted by Gasteiger charge is -2.49. The summed E-state index contributed by atoms with van der Waals surface area (Å²) in [7, 11) is -1.50. The number of amides is 1. The van der Waals surface area contributed by atoms with Crippen LogP contribution in [0.5, 0.6) is 0 Å². The second-order valence-electron chi connectivity index (χ2n) is 16.5. The summed E-state index contributed by atoms with van der Waals surface area (Å²) in [5.41, 5.74) is 3.92. The van der Waals surface area contributed by atoms with E-state index in [1.165, 1.54) is 6.92 Å². The summed E-state index contributed by atoms with van der Waals surface area (Å²) >= 11 is 0. The molecule has 10 atom stereocenters. The third-order valence-corrected chi connectivity index (χ3v) is 12.1. The van der Waals surface area contributed by atoms with Crippen LogP contribution in [0.15, 0.2) is 121 Å². The number of carbonyl (C=O) groups excluding carboxylic acids is 1. The maximum absolute atomic E-state index is 12.9. The van der Waals surface area contributed by atoms with Crippen molar-refractivity contribution < 1.29 is 47.8 Å². The van der Waals surface area contributed by atoms with Gasteiger partial charge in [0.25, 0.3) is 0 Å². The molecule has 4 aromatic carbocycles. The van der Waals surface area contributed by atoms with Crippen LogP contribution in [0, 0.1) is 0 Å². The molecule has 318 valence electrons. The minimum atomic E-state index is -1.50. The van der Waals surface area contributed by atoms with Gasteiger partial charge in [-0.05, 0) is 35.2 Å². The van der Waals surface area contributed by atoms with Gasteiger partial charge < -0.3 is 48.3 Å². The van der Waals surface area contributed by atoms with E-state index in [0.29, 0.717) is 19.8 Å². The number of carbonyl (C=O) groups is 1. The van der Waals surface area contributed by atoms with Crippen LogP contribution in [0.4, 0.5) is 0 Å². The fourth-order valence-electron chi connectivity index (χ4n) is 7.23. The molecular weight excluding hydrogens is 767 g/mol. The second kappa shape index (κ2) is 22.2. The van der Waals surface area contributed by atoms with E-state index in [2.05, 4.69) is 25.0 Å². The Kier molecular flexibility index (Phi) is 16.8. The van der Waals surface area contributed by atoms with Crippen LogP contribution in [-0.4, -0.2) is 93.7 Å². The normalized spacial score (nSPS) is 27.3.